The number of ether oxygens (including phenoxy) is 2. The maximum absolute atomic E-state index is 5.67. The summed E-state index contributed by atoms with van der Waals surface area (Å²) >= 11 is 11.3. The molecule has 0 radical (unpaired) electrons. The third kappa shape index (κ3) is 5.76. The van der Waals surface area contributed by atoms with Gasteiger partial charge in [-0.1, -0.05) is 23.8 Å². The van der Waals surface area contributed by atoms with Crippen LogP contribution in [0.15, 0.2) is 29.8 Å². The highest BCUT2D eigenvalue weighted by Gasteiger charge is 2.26. The van der Waals surface area contributed by atoms with Crippen molar-refractivity contribution in [3.05, 3.63) is 35.4 Å². The number of nitrogens with zero attached hydrogens (tertiary/aromatic N) is 2. The average Bonchev–Trinajstić information content (AvgIpc) is 3.28. The van der Waals surface area contributed by atoms with Crippen LogP contribution in [-0.4, -0.2) is 54.1 Å². The van der Waals surface area contributed by atoms with Gasteiger partial charge < -0.3 is 20.1 Å². The molecule has 1 aromatic carbocycles. The molecular formula is C22H32N4O2S2. The molecule has 1 saturated heterocycles. The molecule has 1 heterocycles. The standard InChI is InChI=1S/C22H32N4O2S2/c1-27-19-11-6-10-18(20(19)28-2)16-24-22(30)26-15-7-14-25(26)21(29)23-13-12-17-8-4-3-5-9-17/h6,8,10-11H,3-5,7,9,12-16H2,1-2H3,(H,23,29)(H,24,30). The van der Waals surface area contributed by atoms with Crippen LogP contribution in [0.2, 0.25) is 0 Å². The van der Waals surface area contributed by atoms with E-state index in [1.54, 1.807) is 19.8 Å². The second-order valence-electron chi connectivity index (χ2n) is 7.50. The number of allylic oxidation sites excluding steroid dienone is 1. The molecule has 2 N–H and O–H groups in total. The summed E-state index contributed by atoms with van der Waals surface area (Å²) in [4.78, 5) is 0. The highest BCUT2D eigenvalue weighted by atomic mass is 32.1. The summed E-state index contributed by atoms with van der Waals surface area (Å²) in [6, 6.07) is 5.84. The van der Waals surface area contributed by atoms with Crippen LogP contribution in [0.5, 0.6) is 11.5 Å². The van der Waals surface area contributed by atoms with Crippen molar-refractivity contribution in [2.45, 2.75) is 45.1 Å². The van der Waals surface area contributed by atoms with Gasteiger partial charge in [0, 0.05) is 31.7 Å². The Kier molecular flexibility index (Phi) is 8.57. The smallest absolute Gasteiger partial charge is 0.188 e. The highest BCUT2D eigenvalue weighted by Crippen LogP contribution is 2.30. The lowest BCUT2D eigenvalue weighted by molar-refractivity contribution is 0.202. The molecular weight excluding hydrogens is 416 g/mol. The molecule has 30 heavy (non-hydrogen) atoms. The van der Waals surface area contributed by atoms with Gasteiger partial charge in [0.05, 0.1) is 14.2 Å². The van der Waals surface area contributed by atoms with Crippen LogP contribution in [0.4, 0.5) is 0 Å². The molecule has 2 aliphatic rings. The zero-order chi connectivity index (χ0) is 21.3. The summed E-state index contributed by atoms with van der Waals surface area (Å²) in [6.07, 6.45) is 9.56. The number of hydrazine groups is 1. The number of hydrogen-bond acceptors (Lipinski definition) is 4. The minimum absolute atomic E-state index is 0.553. The van der Waals surface area contributed by atoms with E-state index >= 15 is 0 Å². The molecule has 0 saturated carbocycles. The number of thiocarbonyl (C=S) groups is 2. The lowest BCUT2D eigenvalue weighted by Crippen LogP contribution is -2.52. The van der Waals surface area contributed by atoms with Crippen LogP contribution in [0.3, 0.4) is 0 Å². The number of benzene rings is 1. The Bertz CT molecular complexity index is 784. The number of rotatable bonds is 7. The molecule has 0 spiro atoms. The molecule has 0 amide bonds. The second kappa shape index (κ2) is 11.4. The molecule has 3 rings (SSSR count). The Balaban J connectivity index is 1.51. The van der Waals surface area contributed by atoms with E-state index in [0.29, 0.717) is 17.4 Å². The van der Waals surface area contributed by atoms with E-state index < -0.39 is 0 Å². The maximum Gasteiger partial charge on any atom is 0.188 e. The van der Waals surface area contributed by atoms with Crippen LogP contribution in [-0.2, 0) is 6.54 Å². The largest absolute Gasteiger partial charge is 0.493 e. The molecule has 6 nitrogen and oxygen atoms in total. The van der Waals surface area contributed by atoms with E-state index in [1.807, 2.05) is 18.2 Å². The van der Waals surface area contributed by atoms with Gasteiger partial charge in [0.15, 0.2) is 21.7 Å². The minimum Gasteiger partial charge on any atom is -0.493 e. The van der Waals surface area contributed by atoms with E-state index in [-0.39, 0.29) is 0 Å². The van der Waals surface area contributed by atoms with Crippen LogP contribution < -0.4 is 20.1 Å². The summed E-state index contributed by atoms with van der Waals surface area (Å²) in [7, 11) is 3.29. The Morgan fingerprint density at radius 2 is 1.77 bits per heavy atom. The predicted octanol–water partition coefficient (Wildman–Crippen LogP) is 3.77. The fraction of sp³-hybridized carbons (Fsp3) is 0.545. The van der Waals surface area contributed by atoms with Gasteiger partial charge in [0.25, 0.3) is 0 Å². The van der Waals surface area contributed by atoms with Crippen molar-refractivity contribution in [1.29, 1.82) is 0 Å². The van der Waals surface area contributed by atoms with Crippen molar-refractivity contribution in [3.63, 3.8) is 0 Å². The minimum atomic E-state index is 0.553. The average molecular weight is 449 g/mol. The first-order valence-electron chi connectivity index (χ1n) is 10.6. The Morgan fingerprint density at radius 3 is 2.43 bits per heavy atom. The van der Waals surface area contributed by atoms with Gasteiger partial charge in [-0.25, -0.2) is 0 Å². The molecule has 0 atom stereocenters. The van der Waals surface area contributed by atoms with Gasteiger partial charge >= 0.3 is 0 Å². The summed E-state index contributed by atoms with van der Waals surface area (Å²) in [5.41, 5.74) is 2.55. The first kappa shape index (κ1) is 22.6. The molecule has 0 bridgehead atoms. The molecule has 0 aromatic heterocycles. The van der Waals surface area contributed by atoms with Crippen molar-refractivity contribution < 1.29 is 9.47 Å². The van der Waals surface area contributed by atoms with Crippen molar-refractivity contribution >= 4 is 34.7 Å². The monoisotopic (exact) mass is 448 g/mol. The number of methoxy groups -OCH3 is 2. The first-order valence-corrected chi connectivity index (χ1v) is 11.4. The fourth-order valence-corrected chi connectivity index (χ4v) is 4.50. The SMILES string of the molecule is COc1cccc(CNC(=S)N2CCCN2C(=S)NCCC2=CCCCC2)c1OC. The third-order valence-electron chi connectivity index (χ3n) is 5.52. The number of para-hydroxylation sites is 1. The van der Waals surface area contributed by atoms with Crippen molar-refractivity contribution in [2.75, 3.05) is 33.9 Å². The zero-order valence-electron chi connectivity index (χ0n) is 17.9. The van der Waals surface area contributed by atoms with Gasteiger partial charge in [-0.15, -0.1) is 0 Å². The number of hydrogen-bond donors (Lipinski definition) is 2. The summed E-state index contributed by atoms with van der Waals surface area (Å²) in [5.74, 6) is 1.44. The van der Waals surface area contributed by atoms with Gasteiger partial charge in [0.2, 0.25) is 0 Å². The normalized spacial score (nSPS) is 16.1. The van der Waals surface area contributed by atoms with Gasteiger partial charge in [-0.2, -0.15) is 0 Å². The summed E-state index contributed by atoms with van der Waals surface area (Å²) in [5, 5.41) is 12.3. The van der Waals surface area contributed by atoms with Gasteiger partial charge in [0.1, 0.15) is 0 Å². The third-order valence-corrected chi connectivity index (χ3v) is 6.23. The summed E-state index contributed by atoms with van der Waals surface area (Å²) in [6.45, 7) is 3.15. The lowest BCUT2D eigenvalue weighted by atomic mass is 9.97. The van der Waals surface area contributed by atoms with Crippen LogP contribution in [0, 0.1) is 0 Å². The Hall–Kier alpha value is -2.06. The van der Waals surface area contributed by atoms with E-state index in [4.69, 9.17) is 33.9 Å². The molecule has 1 fully saturated rings. The lowest BCUT2D eigenvalue weighted by Gasteiger charge is -2.32. The molecule has 8 heteroatoms. The van der Waals surface area contributed by atoms with Crippen molar-refractivity contribution in [1.82, 2.24) is 20.7 Å². The fourth-order valence-electron chi connectivity index (χ4n) is 3.94. The highest BCUT2D eigenvalue weighted by molar-refractivity contribution is 7.80. The van der Waals surface area contributed by atoms with E-state index in [2.05, 4.69) is 26.7 Å². The first-order chi connectivity index (χ1) is 14.6. The zero-order valence-corrected chi connectivity index (χ0v) is 19.5. The van der Waals surface area contributed by atoms with E-state index in [9.17, 15) is 0 Å². The Labute approximate surface area is 190 Å². The molecule has 0 unspecified atom stereocenters. The topological polar surface area (TPSA) is 49.0 Å². The quantitative estimate of drug-likeness (QED) is 0.483. The van der Waals surface area contributed by atoms with E-state index in [1.165, 1.54) is 25.7 Å². The molecule has 1 aromatic rings. The van der Waals surface area contributed by atoms with Gasteiger partial charge in [-0.3, -0.25) is 10.0 Å². The van der Waals surface area contributed by atoms with E-state index in [0.717, 1.165) is 48.9 Å². The molecule has 164 valence electrons. The summed E-state index contributed by atoms with van der Waals surface area (Å²) < 4.78 is 10.9. The second-order valence-corrected chi connectivity index (χ2v) is 8.27. The Morgan fingerprint density at radius 1 is 1.00 bits per heavy atom. The maximum atomic E-state index is 5.67. The van der Waals surface area contributed by atoms with Crippen molar-refractivity contribution in [3.8, 4) is 11.5 Å². The van der Waals surface area contributed by atoms with Crippen LogP contribution >= 0.6 is 24.4 Å². The molecule has 1 aliphatic carbocycles. The van der Waals surface area contributed by atoms with Crippen LogP contribution in [0.1, 0.15) is 44.1 Å². The predicted molar refractivity (Wildman–Crippen MR) is 129 cm³/mol. The van der Waals surface area contributed by atoms with Gasteiger partial charge in [-0.05, 0) is 69.0 Å². The molecule has 1 aliphatic heterocycles. The van der Waals surface area contributed by atoms with Crippen LogP contribution in [0.25, 0.3) is 0 Å². The number of nitrogens with one attached hydrogen (secondary N) is 2. The van der Waals surface area contributed by atoms with Crippen molar-refractivity contribution in [2.24, 2.45) is 0 Å².